The molecule has 0 radical (unpaired) electrons. The summed E-state index contributed by atoms with van der Waals surface area (Å²) in [5.74, 6) is -0.834. The van der Waals surface area contributed by atoms with Crippen molar-refractivity contribution in [2.24, 2.45) is 0 Å². The highest BCUT2D eigenvalue weighted by atomic mass is 32.1. The van der Waals surface area contributed by atoms with Gasteiger partial charge in [0.05, 0.1) is 24.1 Å². The molecule has 1 aliphatic heterocycles. The van der Waals surface area contributed by atoms with Gasteiger partial charge in [0.1, 0.15) is 4.88 Å². The number of imide groups is 1. The first-order chi connectivity index (χ1) is 10.0. The summed E-state index contributed by atoms with van der Waals surface area (Å²) >= 11 is 2.65. The Kier molecular flexibility index (Phi) is 4.71. The van der Waals surface area contributed by atoms with Gasteiger partial charge in [0.15, 0.2) is 0 Å². The van der Waals surface area contributed by atoms with Gasteiger partial charge in [-0.25, -0.2) is 4.79 Å². The summed E-state index contributed by atoms with van der Waals surface area (Å²) in [6, 6.07) is 3.49. The van der Waals surface area contributed by atoms with Crippen LogP contribution < -0.4 is 11.1 Å². The van der Waals surface area contributed by atoms with E-state index in [0.717, 1.165) is 5.56 Å². The summed E-state index contributed by atoms with van der Waals surface area (Å²) in [7, 11) is 1.33. The number of hydrogen-bond acceptors (Lipinski definition) is 7. The number of thiophene rings is 2. The number of anilines is 1. The first-order valence-corrected chi connectivity index (χ1v) is 7.60. The van der Waals surface area contributed by atoms with Crippen LogP contribution in [0.25, 0.3) is 0 Å². The van der Waals surface area contributed by atoms with Crippen molar-refractivity contribution in [1.29, 1.82) is 0 Å². The Labute approximate surface area is 128 Å². The first-order valence-electron chi connectivity index (χ1n) is 5.84. The molecule has 0 aliphatic carbocycles. The number of rotatable bonds is 1. The average Bonchev–Trinajstić information content (AvgIpc) is 3.07. The average molecular weight is 324 g/mol. The fourth-order valence-electron chi connectivity index (χ4n) is 1.65. The topological polar surface area (TPSA) is 98.5 Å². The molecule has 2 aromatic rings. The molecule has 0 unspecified atom stereocenters. The minimum Gasteiger partial charge on any atom is -0.465 e. The number of nitrogens with one attached hydrogen (secondary N) is 1. The van der Waals surface area contributed by atoms with Crippen molar-refractivity contribution in [3.63, 3.8) is 0 Å². The smallest absolute Gasteiger partial charge is 0.350 e. The van der Waals surface area contributed by atoms with Crippen LogP contribution in [-0.4, -0.2) is 24.9 Å². The van der Waals surface area contributed by atoms with Gasteiger partial charge in [-0.15, -0.1) is 22.7 Å². The summed E-state index contributed by atoms with van der Waals surface area (Å²) in [5, 5.41) is 5.83. The number of ether oxygens (including phenoxy) is 1. The highest BCUT2D eigenvalue weighted by Gasteiger charge is 2.22. The zero-order valence-electron chi connectivity index (χ0n) is 11.0. The van der Waals surface area contributed by atoms with Crippen LogP contribution in [0.2, 0.25) is 0 Å². The summed E-state index contributed by atoms with van der Waals surface area (Å²) in [4.78, 5) is 33.8. The fourth-order valence-corrected chi connectivity index (χ4v) is 3.20. The molecule has 6 nitrogen and oxygen atoms in total. The maximum atomic E-state index is 11.0. The lowest BCUT2D eigenvalue weighted by Crippen LogP contribution is -2.35. The molecule has 0 bridgehead atoms. The van der Waals surface area contributed by atoms with Gasteiger partial charge in [-0.2, -0.15) is 0 Å². The van der Waals surface area contributed by atoms with Crippen LogP contribution >= 0.6 is 22.7 Å². The molecule has 3 heterocycles. The van der Waals surface area contributed by atoms with Gasteiger partial charge >= 0.3 is 5.97 Å². The lowest BCUT2D eigenvalue weighted by atomic mass is 10.1. The molecule has 3 rings (SSSR count). The number of nitrogen functional groups attached to an aromatic ring is 1. The van der Waals surface area contributed by atoms with E-state index in [4.69, 9.17) is 5.73 Å². The molecule has 0 fully saturated rings. The van der Waals surface area contributed by atoms with Crippen LogP contribution in [0.1, 0.15) is 24.9 Å². The summed E-state index contributed by atoms with van der Waals surface area (Å²) < 4.78 is 4.47. The minimum absolute atomic E-state index is 0.207. The Morgan fingerprint density at radius 2 is 2.00 bits per heavy atom. The third-order valence-corrected chi connectivity index (χ3v) is 4.49. The summed E-state index contributed by atoms with van der Waals surface area (Å²) in [5.41, 5.74) is 6.76. The molecule has 0 aromatic carbocycles. The molecular weight excluding hydrogens is 312 g/mol. The Hall–Kier alpha value is -2.19. The van der Waals surface area contributed by atoms with Crippen molar-refractivity contribution >= 4 is 46.1 Å². The largest absolute Gasteiger partial charge is 0.465 e. The molecule has 2 aromatic heterocycles. The van der Waals surface area contributed by atoms with Gasteiger partial charge in [0, 0.05) is 0 Å². The molecule has 110 valence electrons. The quantitative estimate of drug-likeness (QED) is 0.614. The lowest BCUT2D eigenvalue weighted by Gasteiger charge is -2.09. The van der Waals surface area contributed by atoms with Gasteiger partial charge in [-0.3, -0.25) is 14.9 Å². The maximum Gasteiger partial charge on any atom is 0.350 e. The third kappa shape index (κ3) is 3.47. The van der Waals surface area contributed by atoms with Crippen LogP contribution in [0, 0.1) is 0 Å². The summed E-state index contributed by atoms with van der Waals surface area (Å²) in [6.45, 7) is 0. The van der Waals surface area contributed by atoms with Crippen molar-refractivity contribution in [2.75, 3.05) is 12.8 Å². The van der Waals surface area contributed by atoms with Crippen LogP contribution in [-0.2, 0) is 16.0 Å². The minimum atomic E-state index is -0.368. The Morgan fingerprint density at radius 3 is 2.62 bits per heavy atom. The summed E-state index contributed by atoms with van der Waals surface area (Å²) in [6.07, 6.45) is 0.338. The third-order valence-electron chi connectivity index (χ3n) is 2.62. The maximum absolute atomic E-state index is 11.0. The Morgan fingerprint density at radius 1 is 1.29 bits per heavy atom. The van der Waals surface area contributed by atoms with E-state index in [0.29, 0.717) is 21.9 Å². The normalized spacial score (nSPS) is 12.8. The Bertz CT molecular complexity index is 690. The predicted molar refractivity (Wildman–Crippen MR) is 80.6 cm³/mol. The second-order valence-electron chi connectivity index (χ2n) is 4.03. The van der Waals surface area contributed by atoms with E-state index in [1.54, 1.807) is 11.4 Å². The van der Waals surface area contributed by atoms with Crippen molar-refractivity contribution < 1.29 is 19.1 Å². The highest BCUT2D eigenvalue weighted by Crippen LogP contribution is 2.20. The van der Waals surface area contributed by atoms with Gasteiger partial charge < -0.3 is 10.5 Å². The number of amides is 2. The van der Waals surface area contributed by atoms with Crippen molar-refractivity contribution in [2.45, 2.75) is 6.42 Å². The number of hydrogen-bond donors (Lipinski definition) is 2. The number of carbonyl (C=O) groups excluding carboxylic acids is 3. The standard InChI is InChI=1S/C7H5NO2S.C6H7NO2S/c9-5-3-4-1-2-11-6(4)7(10)8-5;1-9-6(8)5-4(7)2-3-10-5/h1-2H,3H2,(H,8,9,10);2-3H,7H2,1H3. The van der Waals surface area contributed by atoms with Gasteiger partial charge in [0.25, 0.3) is 5.91 Å². The number of esters is 1. The van der Waals surface area contributed by atoms with Crippen molar-refractivity contribution in [1.82, 2.24) is 5.32 Å². The SMILES string of the molecule is COC(=O)c1sccc1N.O=C1Cc2ccsc2C(=O)N1. The van der Waals surface area contributed by atoms with Gasteiger partial charge in [-0.1, -0.05) is 0 Å². The molecule has 0 spiro atoms. The molecular formula is C13H12N2O4S2. The molecule has 8 heteroatoms. The van der Waals surface area contributed by atoms with Crippen LogP contribution in [0.15, 0.2) is 22.9 Å². The van der Waals surface area contributed by atoms with Crippen molar-refractivity contribution in [3.8, 4) is 0 Å². The first kappa shape index (κ1) is 15.2. The number of fused-ring (bicyclic) bond motifs is 1. The predicted octanol–water partition coefficient (Wildman–Crippen LogP) is 1.68. The molecule has 0 atom stereocenters. The molecule has 2 amide bonds. The second kappa shape index (κ2) is 6.51. The van der Waals surface area contributed by atoms with Crippen molar-refractivity contribution in [3.05, 3.63) is 38.2 Å². The molecule has 3 N–H and O–H groups in total. The van der Waals surface area contributed by atoms with E-state index >= 15 is 0 Å². The zero-order valence-corrected chi connectivity index (χ0v) is 12.7. The van der Waals surface area contributed by atoms with Crippen LogP contribution in [0.5, 0.6) is 0 Å². The number of methoxy groups -OCH3 is 1. The highest BCUT2D eigenvalue weighted by molar-refractivity contribution is 7.12. The molecule has 21 heavy (non-hydrogen) atoms. The van der Waals surface area contributed by atoms with E-state index in [1.807, 2.05) is 11.4 Å². The van der Waals surface area contributed by atoms with E-state index < -0.39 is 0 Å². The molecule has 1 aliphatic rings. The number of nitrogens with two attached hydrogens (primary N) is 1. The van der Waals surface area contributed by atoms with Gasteiger partial charge in [-0.05, 0) is 28.5 Å². The molecule has 0 saturated heterocycles. The zero-order chi connectivity index (χ0) is 15.4. The van der Waals surface area contributed by atoms with E-state index in [-0.39, 0.29) is 17.8 Å². The van der Waals surface area contributed by atoms with Crippen LogP contribution in [0.4, 0.5) is 5.69 Å². The van der Waals surface area contributed by atoms with Crippen LogP contribution in [0.3, 0.4) is 0 Å². The van der Waals surface area contributed by atoms with E-state index in [1.165, 1.54) is 29.8 Å². The lowest BCUT2D eigenvalue weighted by molar-refractivity contribution is -0.119. The van der Waals surface area contributed by atoms with E-state index in [9.17, 15) is 14.4 Å². The number of carbonyl (C=O) groups is 3. The second-order valence-corrected chi connectivity index (χ2v) is 5.86. The van der Waals surface area contributed by atoms with Gasteiger partial charge in [0.2, 0.25) is 5.91 Å². The van der Waals surface area contributed by atoms with E-state index in [2.05, 4.69) is 10.1 Å². The fraction of sp³-hybridized carbons (Fsp3) is 0.154. The Balaban J connectivity index is 0.000000155. The monoisotopic (exact) mass is 324 g/mol. The molecule has 0 saturated carbocycles.